The van der Waals surface area contributed by atoms with Crippen molar-refractivity contribution in [3.63, 3.8) is 0 Å². The number of rotatable bonds is 3. The fraction of sp³-hybridized carbons (Fsp3) is 0.556. The van der Waals surface area contributed by atoms with Crippen LogP contribution in [0.4, 0.5) is 5.69 Å². The first kappa shape index (κ1) is 17.2. The number of benzene rings is 1. The van der Waals surface area contributed by atoms with Crippen molar-refractivity contribution in [2.24, 2.45) is 11.7 Å². The van der Waals surface area contributed by atoms with Gasteiger partial charge in [-0.05, 0) is 50.5 Å². The number of piperidine rings is 1. The van der Waals surface area contributed by atoms with Crippen LogP contribution in [0.5, 0.6) is 0 Å². The van der Waals surface area contributed by atoms with Crippen LogP contribution in [0.1, 0.15) is 32.6 Å². The fourth-order valence-electron chi connectivity index (χ4n) is 3.76. The molecule has 3 unspecified atom stereocenters. The Bertz CT molecular complexity index is 617. The minimum absolute atomic E-state index is 0.00923. The average Bonchev–Trinajstić information content (AvgIpc) is 2.96. The molecule has 2 heterocycles. The lowest BCUT2D eigenvalue weighted by Gasteiger charge is -2.39. The van der Waals surface area contributed by atoms with Gasteiger partial charge in [-0.2, -0.15) is 0 Å². The second-order valence-electron chi connectivity index (χ2n) is 6.84. The van der Waals surface area contributed by atoms with Gasteiger partial charge < -0.3 is 15.5 Å². The van der Waals surface area contributed by atoms with Crippen LogP contribution in [0.3, 0.4) is 0 Å². The zero-order chi connectivity index (χ0) is 17.3. The molecule has 0 aliphatic carbocycles. The molecule has 0 bridgehead atoms. The Balaban J connectivity index is 1.72. The van der Waals surface area contributed by atoms with Gasteiger partial charge in [-0.25, -0.2) is 0 Å². The van der Waals surface area contributed by atoms with Crippen LogP contribution < -0.4 is 10.6 Å². The van der Waals surface area contributed by atoms with E-state index in [1.54, 1.807) is 17.0 Å². The van der Waals surface area contributed by atoms with Gasteiger partial charge in [0.25, 0.3) is 0 Å². The van der Waals surface area contributed by atoms with Gasteiger partial charge in [0, 0.05) is 42.3 Å². The quantitative estimate of drug-likeness (QED) is 0.911. The van der Waals surface area contributed by atoms with E-state index < -0.39 is 0 Å². The number of likely N-dealkylation sites (tertiary alicyclic amines) is 1. The summed E-state index contributed by atoms with van der Waals surface area (Å²) < 4.78 is 0. The van der Waals surface area contributed by atoms with Crippen molar-refractivity contribution in [1.29, 1.82) is 0 Å². The van der Waals surface area contributed by atoms with Crippen LogP contribution in [0, 0.1) is 5.92 Å². The molecule has 0 spiro atoms. The second kappa shape index (κ2) is 7.11. The summed E-state index contributed by atoms with van der Waals surface area (Å²) in [6, 6.07) is 7.20. The van der Waals surface area contributed by atoms with Crippen LogP contribution in [-0.4, -0.2) is 41.9 Å². The molecule has 2 aliphatic rings. The minimum atomic E-state index is -0.285. The predicted octanol–water partition coefficient (Wildman–Crippen LogP) is 2.42. The van der Waals surface area contributed by atoms with Gasteiger partial charge in [-0.15, -0.1) is 0 Å². The van der Waals surface area contributed by atoms with E-state index in [1.165, 1.54) is 0 Å². The molecule has 2 aliphatic heterocycles. The molecule has 24 heavy (non-hydrogen) atoms. The van der Waals surface area contributed by atoms with Gasteiger partial charge in [0.1, 0.15) is 0 Å². The maximum Gasteiger partial charge on any atom is 0.228 e. The van der Waals surface area contributed by atoms with E-state index in [-0.39, 0.29) is 36.2 Å². The van der Waals surface area contributed by atoms with Crippen LogP contribution >= 0.6 is 11.6 Å². The molecule has 1 aromatic rings. The van der Waals surface area contributed by atoms with Crippen molar-refractivity contribution >= 4 is 29.1 Å². The molecule has 2 fully saturated rings. The zero-order valence-electron chi connectivity index (χ0n) is 14.0. The van der Waals surface area contributed by atoms with Gasteiger partial charge >= 0.3 is 0 Å². The van der Waals surface area contributed by atoms with E-state index in [4.69, 9.17) is 17.3 Å². The van der Waals surface area contributed by atoms with Crippen molar-refractivity contribution in [3.05, 3.63) is 29.3 Å². The zero-order valence-corrected chi connectivity index (χ0v) is 14.7. The average molecular weight is 350 g/mol. The lowest BCUT2D eigenvalue weighted by molar-refractivity contribution is -0.139. The lowest BCUT2D eigenvalue weighted by Crippen LogP contribution is -2.53. The highest BCUT2D eigenvalue weighted by molar-refractivity contribution is 6.30. The van der Waals surface area contributed by atoms with Gasteiger partial charge in [-0.3, -0.25) is 9.59 Å². The smallest absolute Gasteiger partial charge is 0.228 e. The molecule has 3 atom stereocenters. The molecular formula is C18H24ClN3O2. The highest BCUT2D eigenvalue weighted by Gasteiger charge is 2.40. The normalized spacial score (nSPS) is 25.9. The topological polar surface area (TPSA) is 66.6 Å². The molecular weight excluding hydrogens is 326 g/mol. The summed E-state index contributed by atoms with van der Waals surface area (Å²) >= 11 is 5.90. The lowest BCUT2D eigenvalue weighted by atomic mass is 9.94. The van der Waals surface area contributed by atoms with Crippen LogP contribution in [0.15, 0.2) is 24.3 Å². The molecule has 2 N–H and O–H groups in total. The molecule has 1 aromatic carbocycles. The summed E-state index contributed by atoms with van der Waals surface area (Å²) in [5, 5.41) is 0.631. The first-order valence-electron chi connectivity index (χ1n) is 8.59. The molecule has 2 saturated heterocycles. The third kappa shape index (κ3) is 3.42. The second-order valence-corrected chi connectivity index (χ2v) is 7.27. The number of anilines is 1. The van der Waals surface area contributed by atoms with Crippen LogP contribution in [0.25, 0.3) is 0 Å². The largest absolute Gasteiger partial charge is 0.338 e. The van der Waals surface area contributed by atoms with Crippen molar-refractivity contribution in [2.75, 3.05) is 18.0 Å². The number of carbonyl (C=O) groups excluding carboxylic acids is 2. The molecule has 5 nitrogen and oxygen atoms in total. The first-order valence-corrected chi connectivity index (χ1v) is 8.97. The van der Waals surface area contributed by atoms with Gasteiger partial charge in [0.05, 0.1) is 5.92 Å². The molecule has 0 radical (unpaired) electrons. The molecule has 6 heteroatoms. The predicted molar refractivity (Wildman–Crippen MR) is 94.9 cm³/mol. The number of amides is 2. The molecule has 2 amide bonds. The van der Waals surface area contributed by atoms with Crippen LogP contribution in [-0.2, 0) is 9.59 Å². The summed E-state index contributed by atoms with van der Waals surface area (Å²) in [4.78, 5) is 28.9. The minimum Gasteiger partial charge on any atom is -0.338 e. The highest BCUT2D eigenvalue weighted by atomic mass is 35.5. The number of carbonyl (C=O) groups is 2. The van der Waals surface area contributed by atoms with E-state index in [1.807, 2.05) is 24.0 Å². The summed E-state index contributed by atoms with van der Waals surface area (Å²) in [6.45, 7) is 3.13. The molecule has 3 rings (SSSR count). The van der Waals surface area contributed by atoms with E-state index >= 15 is 0 Å². The number of hydrogen-bond donors (Lipinski definition) is 1. The monoisotopic (exact) mass is 349 g/mol. The maximum atomic E-state index is 13.0. The molecule has 130 valence electrons. The Morgan fingerprint density at radius 2 is 2.00 bits per heavy atom. The number of nitrogens with zero attached hydrogens (tertiary/aromatic N) is 2. The third-order valence-corrected chi connectivity index (χ3v) is 5.30. The Labute approximate surface area is 147 Å². The summed E-state index contributed by atoms with van der Waals surface area (Å²) in [5.74, 6) is -0.223. The summed E-state index contributed by atoms with van der Waals surface area (Å²) in [5.41, 5.74) is 6.86. The van der Waals surface area contributed by atoms with Crippen molar-refractivity contribution < 1.29 is 9.59 Å². The van der Waals surface area contributed by atoms with E-state index in [0.29, 0.717) is 11.6 Å². The van der Waals surface area contributed by atoms with Crippen LogP contribution in [0.2, 0.25) is 5.02 Å². The van der Waals surface area contributed by atoms with Gasteiger partial charge in [0.15, 0.2) is 0 Å². The highest BCUT2D eigenvalue weighted by Crippen LogP contribution is 2.29. The van der Waals surface area contributed by atoms with Gasteiger partial charge in [0.2, 0.25) is 11.8 Å². The SMILES string of the molecule is CC(N)C1CCCCN1C(=O)C1CC(=O)N(c2ccc(Cl)cc2)C1. The molecule has 0 saturated carbocycles. The molecule has 0 aromatic heterocycles. The Morgan fingerprint density at radius 3 is 2.67 bits per heavy atom. The number of nitrogens with two attached hydrogens (primary N) is 1. The Kier molecular flexibility index (Phi) is 5.11. The van der Waals surface area contributed by atoms with Crippen molar-refractivity contribution in [2.45, 2.75) is 44.7 Å². The maximum absolute atomic E-state index is 13.0. The first-order chi connectivity index (χ1) is 11.5. The standard InChI is InChI=1S/C18H24ClN3O2/c1-12(20)16-4-2-3-9-21(16)18(24)13-10-17(23)22(11-13)15-7-5-14(19)6-8-15/h5-8,12-13,16H,2-4,9-11,20H2,1H3. The number of hydrogen-bond acceptors (Lipinski definition) is 3. The summed E-state index contributed by atoms with van der Waals surface area (Å²) in [7, 11) is 0. The number of halogens is 1. The van der Waals surface area contributed by atoms with E-state index in [0.717, 1.165) is 31.5 Å². The Hall–Kier alpha value is -1.59. The van der Waals surface area contributed by atoms with Crippen molar-refractivity contribution in [3.8, 4) is 0 Å². The van der Waals surface area contributed by atoms with E-state index in [2.05, 4.69) is 0 Å². The fourth-order valence-corrected chi connectivity index (χ4v) is 3.88. The van der Waals surface area contributed by atoms with Crippen molar-refractivity contribution in [1.82, 2.24) is 4.90 Å². The van der Waals surface area contributed by atoms with E-state index in [9.17, 15) is 9.59 Å². The Morgan fingerprint density at radius 1 is 1.29 bits per heavy atom. The third-order valence-electron chi connectivity index (χ3n) is 5.05. The van der Waals surface area contributed by atoms with Gasteiger partial charge in [-0.1, -0.05) is 11.6 Å². The summed E-state index contributed by atoms with van der Waals surface area (Å²) in [6.07, 6.45) is 3.33.